The van der Waals surface area contributed by atoms with Gasteiger partial charge in [0, 0.05) is 11.3 Å². The van der Waals surface area contributed by atoms with E-state index in [9.17, 15) is 0 Å². The van der Waals surface area contributed by atoms with Crippen LogP contribution in [-0.2, 0) is 6.42 Å². The van der Waals surface area contributed by atoms with Crippen molar-refractivity contribution in [3.63, 3.8) is 0 Å². The number of nitrogens with two attached hydrogens (primary N) is 1. The van der Waals surface area contributed by atoms with E-state index < -0.39 is 0 Å². The van der Waals surface area contributed by atoms with E-state index in [0.717, 1.165) is 34.8 Å². The number of aryl methyl sites for hydroxylation is 2. The Bertz CT molecular complexity index is 726. The lowest BCUT2D eigenvalue weighted by Gasteiger charge is -2.06. The van der Waals surface area contributed by atoms with Crippen LogP contribution in [0.15, 0.2) is 36.4 Å². The molecule has 96 valence electrons. The fourth-order valence-electron chi connectivity index (χ4n) is 2.23. The average molecular weight is 252 g/mol. The molecule has 19 heavy (non-hydrogen) atoms. The molecular weight excluding hydrogens is 236 g/mol. The second-order valence-electron chi connectivity index (χ2n) is 4.64. The van der Waals surface area contributed by atoms with Crippen molar-refractivity contribution in [3.8, 4) is 11.4 Å². The maximum Gasteiger partial charge on any atom is 0.168 e. The Hall–Kier alpha value is -2.36. The van der Waals surface area contributed by atoms with Gasteiger partial charge in [0.15, 0.2) is 11.5 Å². The van der Waals surface area contributed by atoms with Crippen LogP contribution in [0, 0.1) is 6.92 Å². The van der Waals surface area contributed by atoms with Crippen molar-refractivity contribution < 1.29 is 0 Å². The molecule has 0 radical (unpaired) electrons. The molecule has 0 aliphatic heterocycles. The molecule has 0 fully saturated rings. The molecule has 2 N–H and O–H groups in total. The Morgan fingerprint density at radius 2 is 1.79 bits per heavy atom. The molecule has 2 heterocycles. The lowest BCUT2D eigenvalue weighted by Crippen LogP contribution is -1.99. The lowest BCUT2D eigenvalue weighted by atomic mass is 10.1. The Morgan fingerprint density at radius 3 is 2.47 bits per heavy atom. The van der Waals surface area contributed by atoms with Crippen molar-refractivity contribution in [1.29, 1.82) is 0 Å². The van der Waals surface area contributed by atoms with Gasteiger partial charge in [-0.1, -0.05) is 31.2 Å². The third-order valence-electron chi connectivity index (χ3n) is 3.47. The van der Waals surface area contributed by atoms with Gasteiger partial charge in [0.25, 0.3) is 0 Å². The molecule has 0 amide bonds. The number of pyridine rings is 1. The van der Waals surface area contributed by atoms with Crippen LogP contribution in [0.5, 0.6) is 0 Å². The second kappa shape index (κ2) is 4.39. The molecule has 0 saturated heterocycles. The van der Waals surface area contributed by atoms with E-state index in [-0.39, 0.29) is 0 Å². The molecule has 0 spiro atoms. The van der Waals surface area contributed by atoms with Gasteiger partial charge in [0.1, 0.15) is 0 Å². The van der Waals surface area contributed by atoms with E-state index in [1.807, 2.05) is 23.5 Å². The summed E-state index contributed by atoms with van der Waals surface area (Å²) in [5.74, 6) is 0.836. The van der Waals surface area contributed by atoms with Crippen molar-refractivity contribution in [2.24, 2.45) is 0 Å². The highest BCUT2D eigenvalue weighted by Crippen LogP contribution is 2.22. The van der Waals surface area contributed by atoms with Gasteiger partial charge in [0.2, 0.25) is 0 Å². The molecule has 0 saturated carbocycles. The van der Waals surface area contributed by atoms with Crippen molar-refractivity contribution in [2.75, 3.05) is 5.73 Å². The van der Waals surface area contributed by atoms with E-state index >= 15 is 0 Å². The normalized spacial score (nSPS) is 11.1. The van der Waals surface area contributed by atoms with E-state index in [0.29, 0.717) is 0 Å². The van der Waals surface area contributed by atoms with Crippen molar-refractivity contribution >= 4 is 11.3 Å². The first-order valence-electron chi connectivity index (χ1n) is 6.40. The first kappa shape index (κ1) is 11.7. The highest BCUT2D eigenvalue weighted by Gasteiger charge is 2.11. The number of rotatable bonds is 2. The van der Waals surface area contributed by atoms with Crippen LogP contribution >= 0.6 is 0 Å². The van der Waals surface area contributed by atoms with Gasteiger partial charge in [-0.05, 0) is 31.0 Å². The van der Waals surface area contributed by atoms with Gasteiger partial charge in [-0.2, -0.15) is 0 Å². The monoisotopic (exact) mass is 252 g/mol. The summed E-state index contributed by atoms with van der Waals surface area (Å²) in [6, 6.07) is 12.2. The number of fused-ring (bicyclic) bond motifs is 1. The molecule has 0 aliphatic carbocycles. The number of aromatic nitrogens is 3. The number of benzene rings is 1. The number of hydrogen-bond acceptors (Lipinski definition) is 3. The largest absolute Gasteiger partial charge is 0.397 e. The van der Waals surface area contributed by atoms with Gasteiger partial charge < -0.3 is 5.73 Å². The fraction of sp³-hybridized carbons (Fsp3) is 0.200. The Balaban J connectivity index is 2.21. The van der Waals surface area contributed by atoms with Gasteiger partial charge in [-0.25, -0.2) is 0 Å². The molecule has 4 nitrogen and oxygen atoms in total. The average Bonchev–Trinajstić information content (AvgIpc) is 2.88. The van der Waals surface area contributed by atoms with Crippen molar-refractivity contribution in [2.45, 2.75) is 20.3 Å². The molecule has 0 aliphatic rings. The van der Waals surface area contributed by atoms with E-state index in [1.54, 1.807) is 0 Å². The Labute approximate surface area is 111 Å². The van der Waals surface area contributed by atoms with Crippen LogP contribution in [0.1, 0.15) is 18.2 Å². The predicted molar refractivity (Wildman–Crippen MR) is 77.0 cm³/mol. The standard InChI is InChI=1S/C15H16N4/c1-3-11-4-6-12(7-5-11)15-18-17-14-9-8-13(16)10(2)19(14)15/h4-9H,3,16H2,1-2H3. The summed E-state index contributed by atoms with van der Waals surface area (Å²) < 4.78 is 2.00. The van der Waals surface area contributed by atoms with Gasteiger partial charge in [-0.3, -0.25) is 4.40 Å². The minimum Gasteiger partial charge on any atom is -0.397 e. The number of nitrogen functional groups attached to an aromatic ring is 1. The molecule has 0 unspecified atom stereocenters. The first-order valence-corrected chi connectivity index (χ1v) is 6.40. The molecule has 0 atom stereocenters. The summed E-state index contributed by atoms with van der Waals surface area (Å²) in [6.45, 7) is 4.13. The summed E-state index contributed by atoms with van der Waals surface area (Å²) in [7, 11) is 0. The zero-order valence-corrected chi connectivity index (χ0v) is 11.1. The molecule has 2 aromatic heterocycles. The SMILES string of the molecule is CCc1ccc(-c2nnc3ccc(N)c(C)n23)cc1. The quantitative estimate of drug-likeness (QED) is 0.763. The van der Waals surface area contributed by atoms with Gasteiger partial charge in [0.05, 0.1) is 5.69 Å². The van der Waals surface area contributed by atoms with Crippen LogP contribution in [0.4, 0.5) is 5.69 Å². The fourth-order valence-corrected chi connectivity index (χ4v) is 2.23. The first-order chi connectivity index (χ1) is 9.20. The molecule has 0 bridgehead atoms. The topological polar surface area (TPSA) is 56.2 Å². The summed E-state index contributed by atoms with van der Waals surface area (Å²) in [5, 5.41) is 8.48. The van der Waals surface area contributed by atoms with Gasteiger partial charge >= 0.3 is 0 Å². The molecule has 3 rings (SSSR count). The second-order valence-corrected chi connectivity index (χ2v) is 4.64. The van der Waals surface area contributed by atoms with E-state index in [4.69, 9.17) is 5.73 Å². The third kappa shape index (κ3) is 1.85. The minimum atomic E-state index is 0.749. The van der Waals surface area contributed by atoms with Crippen LogP contribution < -0.4 is 5.73 Å². The minimum absolute atomic E-state index is 0.749. The van der Waals surface area contributed by atoms with Crippen LogP contribution in [0.2, 0.25) is 0 Å². The van der Waals surface area contributed by atoms with E-state index in [2.05, 4.69) is 41.4 Å². The zero-order valence-electron chi connectivity index (χ0n) is 11.1. The molecule has 4 heteroatoms. The summed E-state index contributed by atoms with van der Waals surface area (Å²) >= 11 is 0. The molecule has 3 aromatic rings. The maximum atomic E-state index is 5.96. The molecule has 1 aromatic carbocycles. The number of anilines is 1. The van der Waals surface area contributed by atoms with Crippen LogP contribution in [0.25, 0.3) is 17.0 Å². The summed E-state index contributed by atoms with van der Waals surface area (Å²) in [5.41, 5.74) is 10.9. The van der Waals surface area contributed by atoms with Crippen molar-refractivity contribution in [1.82, 2.24) is 14.6 Å². The maximum absolute atomic E-state index is 5.96. The zero-order chi connectivity index (χ0) is 13.4. The summed E-state index contributed by atoms with van der Waals surface area (Å²) in [4.78, 5) is 0. The highest BCUT2D eigenvalue weighted by atomic mass is 15.3. The smallest absolute Gasteiger partial charge is 0.168 e. The van der Waals surface area contributed by atoms with Crippen molar-refractivity contribution in [3.05, 3.63) is 47.7 Å². The number of hydrogen-bond donors (Lipinski definition) is 1. The highest BCUT2D eigenvalue weighted by molar-refractivity contribution is 5.63. The Morgan fingerprint density at radius 1 is 1.05 bits per heavy atom. The third-order valence-corrected chi connectivity index (χ3v) is 3.47. The number of nitrogens with zero attached hydrogens (tertiary/aromatic N) is 3. The Kier molecular flexibility index (Phi) is 2.71. The summed E-state index contributed by atoms with van der Waals surface area (Å²) in [6.07, 6.45) is 1.03. The molecular formula is C15H16N4. The van der Waals surface area contributed by atoms with E-state index in [1.165, 1.54) is 5.56 Å². The van der Waals surface area contributed by atoms with Crippen LogP contribution in [-0.4, -0.2) is 14.6 Å². The lowest BCUT2D eigenvalue weighted by molar-refractivity contribution is 1.08. The van der Waals surface area contributed by atoms with Gasteiger partial charge in [-0.15, -0.1) is 10.2 Å². The predicted octanol–water partition coefficient (Wildman–Crippen LogP) is 2.85. The van der Waals surface area contributed by atoms with Crippen LogP contribution in [0.3, 0.4) is 0 Å².